The van der Waals surface area contributed by atoms with Crippen LogP contribution in [0, 0.1) is 17.5 Å². The van der Waals surface area contributed by atoms with E-state index in [9.17, 15) is 27.9 Å². The molecule has 4 N–H and O–H groups in total. The number of amides is 2. The van der Waals surface area contributed by atoms with Crippen molar-refractivity contribution in [3.63, 3.8) is 0 Å². The molecule has 1 unspecified atom stereocenters. The lowest BCUT2D eigenvalue weighted by Gasteiger charge is -2.15. The summed E-state index contributed by atoms with van der Waals surface area (Å²) in [6.07, 6.45) is -1.43. The molecule has 0 radical (unpaired) electrons. The number of aliphatic hydroxyl groups is 1. The highest BCUT2D eigenvalue weighted by Crippen LogP contribution is 2.33. The Balaban J connectivity index is 1.70. The van der Waals surface area contributed by atoms with Crippen LogP contribution in [0.3, 0.4) is 0 Å². The van der Waals surface area contributed by atoms with Gasteiger partial charge in [0, 0.05) is 30.1 Å². The van der Waals surface area contributed by atoms with Crippen molar-refractivity contribution in [1.29, 1.82) is 0 Å². The molecule has 1 aliphatic heterocycles. The minimum absolute atomic E-state index is 0.00787. The number of aromatic nitrogens is 1. The summed E-state index contributed by atoms with van der Waals surface area (Å²) in [6, 6.07) is 6.42. The maximum absolute atomic E-state index is 14.3. The standard InChI is InChI=1S/C21H18F3N3O3/c22-11-3-1-10(2-4-11)18-14(13-7-12(23)8-15(24)19(13)27-18)9-17(28)21(30)26-16-5-6-25-20(16)29/h1-4,7-8,16-17,27-28H,5-6,9H2,(H,25,29)(H,26,30)/t16-,17?/m0/s1. The monoisotopic (exact) mass is 417 g/mol. The Morgan fingerprint density at radius 1 is 1.17 bits per heavy atom. The van der Waals surface area contributed by atoms with Crippen molar-refractivity contribution in [2.45, 2.75) is 25.0 Å². The van der Waals surface area contributed by atoms with E-state index in [1.54, 1.807) is 0 Å². The highest BCUT2D eigenvalue weighted by Gasteiger charge is 2.29. The Hall–Kier alpha value is -3.33. The number of halogens is 3. The van der Waals surface area contributed by atoms with Crippen molar-refractivity contribution in [1.82, 2.24) is 15.6 Å². The molecule has 1 fully saturated rings. The van der Waals surface area contributed by atoms with Gasteiger partial charge in [-0.25, -0.2) is 13.2 Å². The Labute approximate surface area is 169 Å². The van der Waals surface area contributed by atoms with Crippen molar-refractivity contribution in [2.24, 2.45) is 0 Å². The zero-order valence-electron chi connectivity index (χ0n) is 15.6. The molecule has 6 nitrogen and oxygen atoms in total. The number of carbonyl (C=O) groups excluding carboxylic acids is 2. The quantitative estimate of drug-likeness (QED) is 0.513. The SMILES string of the molecule is O=C(N[C@H]1CCNC1=O)C(O)Cc1c(-c2ccc(F)cc2)[nH]c2c(F)cc(F)cc12. The lowest BCUT2D eigenvalue weighted by molar-refractivity contribution is -0.132. The Morgan fingerprint density at radius 2 is 1.90 bits per heavy atom. The van der Waals surface area contributed by atoms with Crippen LogP contribution in [0.2, 0.25) is 0 Å². The summed E-state index contributed by atoms with van der Waals surface area (Å²) < 4.78 is 41.5. The van der Waals surface area contributed by atoms with Gasteiger partial charge in [0.1, 0.15) is 29.6 Å². The maximum Gasteiger partial charge on any atom is 0.249 e. The average Bonchev–Trinajstić information content (AvgIpc) is 3.26. The van der Waals surface area contributed by atoms with Gasteiger partial charge in [0.05, 0.1) is 5.52 Å². The van der Waals surface area contributed by atoms with E-state index in [4.69, 9.17) is 0 Å². The van der Waals surface area contributed by atoms with E-state index in [-0.39, 0.29) is 23.2 Å². The number of aromatic amines is 1. The second-order valence-electron chi connectivity index (χ2n) is 7.16. The number of carbonyl (C=O) groups is 2. The fraction of sp³-hybridized carbons (Fsp3) is 0.238. The minimum atomic E-state index is -1.57. The smallest absolute Gasteiger partial charge is 0.249 e. The highest BCUT2D eigenvalue weighted by molar-refractivity contribution is 5.93. The zero-order valence-corrected chi connectivity index (χ0v) is 15.6. The molecule has 0 saturated carbocycles. The third-order valence-electron chi connectivity index (χ3n) is 5.13. The van der Waals surface area contributed by atoms with Gasteiger partial charge < -0.3 is 20.7 Å². The van der Waals surface area contributed by atoms with Crippen molar-refractivity contribution < 1.29 is 27.9 Å². The van der Waals surface area contributed by atoms with Crippen LogP contribution in [0.5, 0.6) is 0 Å². The lowest BCUT2D eigenvalue weighted by Crippen LogP contribution is -2.45. The third-order valence-corrected chi connectivity index (χ3v) is 5.13. The van der Waals surface area contributed by atoms with Crippen molar-refractivity contribution in [3.8, 4) is 11.3 Å². The Morgan fingerprint density at radius 3 is 2.57 bits per heavy atom. The number of benzene rings is 2. The van der Waals surface area contributed by atoms with E-state index in [0.717, 1.165) is 12.1 Å². The van der Waals surface area contributed by atoms with E-state index in [0.29, 0.717) is 29.8 Å². The molecule has 0 aliphatic carbocycles. The van der Waals surface area contributed by atoms with Gasteiger partial charge in [-0.3, -0.25) is 9.59 Å². The van der Waals surface area contributed by atoms with Gasteiger partial charge in [0.25, 0.3) is 0 Å². The first kappa shape index (κ1) is 20.0. The van der Waals surface area contributed by atoms with Crippen LogP contribution in [-0.4, -0.2) is 40.6 Å². The average molecular weight is 417 g/mol. The molecule has 156 valence electrons. The molecule has 0 spiro atoms. The molecule has 2 atom stereocenters. The predicted octanol–water partition coefficient (Wildman–Crippen LogP) is 2.16. The molecule has 9 heteroatoms. The fourth-order valence-electron chi connectivity index (χ4n) is 3.63. The van der Waals surface area contributed by atoms with Crippen LogP contribution in [0.1, 0.15) is 12.0 Å². The number of rotatable bonds is 5. The van der Waals surface area contributed by atoms with Gasteiger partial charge in [0.15, 0.2) is 0 Å². The summed E-state index contributed by atoms with van der Waals surface area (Å²) in [6.45, 7) is 0.426. The van der Waals surface area contributed by atoms with E-state index < -0.39 is 35.5 Å². The van der Waals surface area contributed by atoms with Crippen LogP contribution in [0.4, 0.5) is 13.2 Å². The number of aliphatic hydroxyl groups excluding tert-OH is 1. The van der Waals surface area contributed by atoms with Gasteiger partial charge >= 0.3 is 0 Å². The largest absolute Gasteiger partial charge is 0.383 e. The van der Waals surface area contributed by atoms with Gasteiger partial charge in [-0.05, 0) is 47.9 Å². The Kier molecular flexibility index (Phi) is 5.21. The summed E-state index contributed by atoms with van der Waals surface area (Å²) >= 11 is 0. The molecule has 2 amide bonds. The zero-order chi connectivity index (χ0) is 21.4. The first-order chi connectivity index (χ1) is 14.3. The number of nitrogens with one attached hydrogen (secondary N) is 3. The topological polar surface area (TPSA) is 94.2 Å². The summed E-state index contributed by atoms with van der Waals surface area (Å²) in [5, 5.41) is 15.7. The molecule has 2 aromatic carbocycles. The fourth-order valence-corrected chi connectivity index (χ4v) is 3.63. The first-order valence-corrected chi connectivity index (χ1v) is 9.35. The van der Waals surface area contributed by atoms with Crippen LogP contribution >= 0.6 is 0 Å². The molecule has 0 bridgehead atoms. The normalized spacial score (nSPS) is 17.2. The second kappa shape index (κ2) is 7.83. The molecule has 4 rings (SSSR count). The van der Waals surface area contributed by atoms with Crippen LogP contribution in [0.15, 0.2) is 36.4 Å². The summed E-state index contributed by atoms with van der Waals surface area (Å²) in [4.78, 5) is 26.9. The van der Waals surface area contributed by atoms with Crippen LogP contribution in [-0.2, 0) is 16.0 Å². The first-order valence-electron chi connectivity index (χ1n) is 9.35. The molecule has 3 aromatic rings. The second-order valence-corrected chi connectivity index (χ2v) is 7.16. The number of fused-ring (bicyclic) bond motifs is 1. The van der Waals surface area contributed by atoms with E-state index in [2.05, 4.69) is 15.6 Å². The molecule has 1 aromatic heterocycles. The molecular formula is C21H18F3N3O3. The van der Waals surface area contributed by atoms with Gasteiger partial charge in [-0.1, -0.05) is 0 Å². The van der Waals surface area contributed by atoms with Gasteiger partial charge in [-0.15, -0.1) is 0 Å². The summed E-state index contributed by atoms with van der Waals surface area (Å²) in [5.41, 5.74) is 1.12. The van der Waals surface area contributed by atoms with Crippen LogP contribution < -0.4 is 10.6 Å². The number of H-pyrrole nitrogens is 1. The van der Waals surface area contributed by atoms with Gasteiger partial charge in [-0.2, -0.15) is 0 Å². The van der Waals surface area contributed by atoms with E-state index in [1.807, 2.05) is 0 Å². The van der Waals surface area contributed by atoms with E-state index in [1.165, 1.54) is 24.3 Å². The van der Waals surface area contributed by atoms with Crippen molar-refractivity contribution in [3.05, 3.63) is 59.4 Å². The van der Waals surface area contributed by atoms with Crippen LogP contribution in [0.25, 0.3) is 22.2 Å². The number of hydrogen-bond donors (Lipinski definition) is 4. The van der Waals surface area contributed by atoms with E-state index >= 15 is 0 Å². The molecule has 2 heterocycles. The highest BCUT2D eigenvalue weighted by atomic mass is 19.1. The molecular weight excluding hydrogens is 399 g/mol. The predicted molar refractivity (Wildman–Crippen MR) is 103 cm³/mol. The summed E-state index contributed by atoms with van der Waals surface area (Å²) in [5.74, 6) is -3.22. The summed E-state index contributed by atoms with van der Waals surface area (Å²) in [7, 11) is 0. The molecule has 1 aliphatic rings. The lowest BCUT2D eigenvalue weighted by atomic mass is 9.99. The molecule has 30 heavy (non-hydrogen) atoms. The van der Waals surface area contributed by atoms with Crippen molar-refractivity contribution >= 4 is 22.7 Å². The Bertz CT molecular complexity index is 1130. The number of hydrogen-bond acceptors (Lipinski definition) is 3. The minimum Gasteiger partial charge on any atom is -0.383 e. The molecule has 1 saturated heterocycles. The third kappa shape index (κ3) is 3.76. The maximum atomic E-state index is 14.3. The van der Waals surface area contributed by atoms with Gasteiger partial charge in [0.2, 0.25) is 11.8 Å². The van der Waals surface area contributed by atoms with Crippen molar-refractivity contribution in [2.75, 3.05) is 6.54 Å².